The second-order valence-corrected chi connectivity index (χ2v) is 5.96. The van der Waals surface area contributed by atoms with Gasteiger partial charge < -0.3 is 15.2 Å². The molecule has 1 aromatic carbocycles. The van der Waals surface area contributed by atoms with Gasteiger partial charge in [0.2, 0.25) is 0 Å². The van der Waals surface area contributed by atoms with Gasteiger partial charge in [-0.1, -0.05) is 6.42 Å². The van der Waals surface area contributed by atoms with Crippen LogP contribution in [0.5, 0.6) is 0 Å². The molecule has 1 spiro atoms. The molecule has 0 aliphatic heterocycles. The summed E-state index contributed by atoms with van der Waals surface area (Å²) >= 11 is 0. The minimum Gasteiger partial charge on any atom is -0.478 e. The summed E-state index contributed by atoms with van der Waals surface area (Å²) < 4.78 is 19.7. The van der Waals surface area contributed by atoms with Gasteiger partial charge in [-0.15, -0.1) is 0 Å². The molecule has 1 aromatic rings. The van der Waals surface area contributed by atoms with Crippen LogP contribution >= 0.6 is 0 Å². The summed E-state index contributed by atoms with van der Waals surface area (Å²) in [5, 5.41) is 12.2. The van der Waals surface area contributed by atoms with E-state index in [2.05, 4.69) is 5.32 Å². The molecule has 2 fully saturated rings. The van der Waals surface area contributed by atoms with E-state index in [0.717, 1.165) is 19.3 Å². The van der Waals surface area contributed by atoms with E-state index in [1.54, 1.807) is 0 Å². The lowest BCUT2D eigenvalue weighted by Gasteiger charge is -2.61. The van der Waals surface area contributed by atoms with Gasteiger partial charge in [-0.25, -0.2) is 9.18 Å². The second-order valence-electron chi connectivity index (χ2n) is 5.96. The highest BCUT2D eigenvalue weighted by atomic mass is 19.1. The molecule has 0 radical (unpaired) electrons. The molecule has 114 valence electrons. The van der Waals surface area contributed by atoms with Crippen LogP contribution in [0.4, 0.5) is 10.1 Å². The first-order valence-corrected chi connectivity index (χ1v) is 7.48. The average molecular weight is 293 g/mol. The molecule has 5 heteroatoms. The highest BCUT2D eigenvalue weighted by molar-refractivity contribution is 5.88. The van der Waals surface area contributed by atoms with Crippen molar-refractivity contribution in [1.29, 1.82) is 0 Å². The zero-order valence-corrected chi connectivity index (χ0v) is 12.1. The predicted octanol–water partition coefficient (Wildman–Crippen LogP) is 3.28. The van der Waals surface area contributed by atoms with Gasteiger partial charge in [0, 0.05) is 18.1 Å². The van der Waals surface area contributed by atoms with E-state index < -0.39 is 11.8 Å². The highest BCUT2D eigenvalue weighted by Gasteiger charge is 2.59. The molecule has 0 aromatic heterocycles. The van der Waals surface area contributed by atoms with Crippen LogP contribution in [0.1, 0.15) is 43.0 Å². The Morgan fingerprint density at radius 3 is 2.86 bits per heavy atom. The SMILES string of the molecule is CCOC1CC(Nc2cc(C(=O)O)ccc2F)C12CCC2. The third-order valence-electron chi connectivity index (χ3n) is 4.98. The lowest BCUT2D eigenvalue weighted by Crippen LogP contribution is -2.64. The van der Waals surface area contributed by atoms with E-state index in [0.29, 0.717) is 6.61 Å². The van der Waals surface area contributed by atoms with Gasteiger partial charge in [-0.2, -0.15) is 0 Å². The van der Waals surface area contributed by atoms with Gasteiger partial charge in [0.1, 0.15) is 5.82 Å². The Morgan fingerprint density at radius 2 is 2.29 bits per heavy atom. The standard InChI is InChI=1S/C16H20FNO3/c1-2-21-14-9-13(16(14)6-3-7-16)18-12-8-10(15(19)20)4-5-11(12)17/h4-5,8,13-14,18H,2-3,6-7,9H2,1H3,(H,19,20). The third-order valence-corrected chi connectivity index (χ3v) is 4.98. The molecule has 0 saturated heterocycles. The molecule has 0 bridgehead atoms. The average Bonchev–Trinajstić information content (AvgIpc) is 2.37. The Hall–Kier alpha value is -1.62. The molecular weight excluding hydrogens is 273 g/mol. The zero-order chi connectivity index (χ0) is 15.0. The fraction of sp³-hybridized carbons (Fsp3) is 0.562. The lowest BCUT2D eigenvalue weighted by molar-refractivity contribution is -0.157. The predicted molar refractivity (Wildman–Crippen MR) is 77.1 cm³/mol. The van der Waals surface area contributed by atoms with E-state index in [1.165, 1.54) is 24.6 Å². The molecule has 2 aliphatic carbocycles. The van der Waals surface area contributed by atoms with Crippen LogP contribution in [0.15, 0.2) is 18.2 Å². The van der Waals surface area contributed by atoms with Gasteiger partial charge in [0.05, 0.1) is 17.4 Å². The molecule has 2 N–H and O–H groups in total. The Labute approximate surface area is 123 Å². The Morgan fingerprint density at radius 1 is 1.52 bits per heavy atom. The number of rotatable bonds is 5. The fourth-order valence-electron chi connectivity index (χ4n) is 3.60. The number of nitrogens with one attached hydrogen (secondary N) is 1. The molecule has 4 nitrogen and oxygen atoms in total. The van der Waals surface area contributed by atoms with E-state index in [9.17, 15) is 9.18 Å². The topological polar surface area (TPSA) is 58.6 Å². The lowest BCUT2D eigenvalue weighted by atomic mass is 9.51. The maximum Gasteiger partial charge on any atom is 0.335 e. The minimum absolute atomic E-state index is 0.0993. The second kappa shape index (κ2) is 5.30. The van der Waals surface area contributed by atoms with Crippen molar-refractivity contribution in [2.75, 3.05) is 11.9 Å². The van der Waals surface area contributed by atoms with Gasteiger partial charge >= 0.3 is 5.97 Å². The summed E-state index contributed by atoms with van der Waals surface area (Å²) in [6, 6.07) is 4.03. The molecule has 21 heavy (non-hydrogen) atoms. The van der Waals surface area contributed by atoms with Crippen molar-refractivity contribution in [3.8, 4) is 0 Å². The number of ether oxygens (including phenoxy) is 1. The molecule has 2 atom stereocenters. The molecule has 0 amide bonds. The van der Waals surface area contributed by atoms with E-state index >= 15 is 0 Å². The fourth-order valence-corrected chi connectivity index (χ4v) is 3.60. The number of halogens is 1. The number of carboxylic acids is 1. The number of hydrogen-bond donors (Lipinski definition) is 2. The first kappa shape index (κ1) is 14.3. The van der Waals surface area contributed by atoms with Crippen LogP contribution in [-0.4, -0.2) is 29.8 Å². The zero-order valence-electron chi connectivity index (χ0n) is 12.1. The summed E-state index contributed by atoms with van der Waals surface area (Å²) in [4.78, 5) is 11.0. The molecular formula is C16H20FNO3. The smallest absolute Gasteiger partial charge is 0.335 e. The van der Waals surface area contributed by atoms with E-state index in [4.69, 9.17) is 9.84 Å². The summed E-state index contributed by atoms with van der Waals surface area (Å²) in [6.45, 7) is 2.69. The highest BCUT2D eigenvalue weighted by Crippen LogP contribution is 2.58. The van der Waals surface area contributed by atoms with E-state index in [-0.39, 0.29) is 28.8 Å². The largest absolute Gasteiger partial charge is 0.478 e. The number of carbonyl (C=O) groups is 1. The number of benzene rings is 1. The van der Waals surface area contributed by atoms with Crippen molar-refractivity contribution in [3.63, 3.8) is 0 Å². The number of carboxylic acid groups (broad SMARTS) is 1. The van der Waals surface area contributed by atoms with Crippen LogP contribution in [0.3, 0.4) is 0 Å². The maximum atomic E-state index is 13.9. The van der Waals surface area contributed by atoms with Crippen molar-refractivity contribution >= 4 is 11.7 Å². The van der Waals surface area contributed by atoms with Crippen LogP contribution < -0.4 is 5.32 Å². The van der Waals surface area contributed by atoms with Gasteiger partial charge in [-0.05, 0) is 44.4 Å². The summed E-state index contributed by atoms with van der Waals surface area (Å²) in [6.07, 6.45) is 4.47. The Kier molecular flexibility index (Phi) is 3.61. The first-order valence-electron chi connectivity index (χ1n) is 7.48. The van der Waals surface area contributed by atoms with Crippen molar-refractivity contribution in [1.82, 2.24) is 0 Å². The van der Waals surface area contributed by atoms with Crippen LogP contribution in [0.2, 0.25) is 0 Å². The number of anilines is 1. The molecule has 2 unspecified atom stereocenters. The van der Waals surface area contributed by atoms with E-state index in [1.807, 2.05) is 6.92 Å². The minimum atomic E-state index is -1.04. The molecule has 2 saturated carbocycles. The van der Waals surface area contributed by atoms with Crippen molar-refractivity contribution in [2.24, 2.45) is 5.41 Å². The van der Waals surface area contributed by atoms with Crippen LogP contribution in [0, 0.1) is 11.2 Å². The third kappa shape index (κ3) is 2.29. The first-order chi connectivity index (χ1) is 10.1. The van der Waals surface area contributed by atoms with Crippen molar-refractivity contribution in [3.05, 3.63) is 29.6 Å². The van der Waals surface area contributed by atoms with Gasteiger partial charge in [0.15, 0.2) is 0 Å². The summed E-state index contributed by atoms with van der Waals surface area (Å²) in [5.74, 6) is -1.45. The molecule has 0 heterocycles. The maximum absolute atomic E-state index is 13.9. The monoisotopic (exact) mass is 293 g/mol. The van der Waals surface area contributed by atoms with Crippen LogP contribution in [0.25, 0.3) is 0 Å². The normalized spacial score (nSPS) is 26.0. The quantitative estimate of drug-likeness (QED) is 0.874. The van der Waals surface area contributed by atoms with Gasteiger partial charge in [-0.3, -0.25) is 0 Å². The van der Waals surface area contributed by atoms with Crippen molar-refractivity contribution < 1.29 is 19.0 Å². The Bertz CT molecular complexity index is 556. The van der Waals surface area contributed by atoms with Crippen molar-refractivity contribution in [2.45, 2.75) is 44.8 Å². The summed E-state index contributed by atoms with van der Waals surface area (Å²) in [7, 11) is 0. The Balaban J connectivity index is 1.75. The van der Waals surface area contributed by atoms with Crippen LogP contribution in [-0.2, 0) is 4.74 Å². The van der Waals surface area contributed by atoms with Gasteiger partial charge in [0.25, 0.3) is 0 Å². The number of aromatic carboxylic acids is 1. The molecule has 3 rings (SSSR count). The summed E-state index contributed by atoms with van der Waals surface area (Å²) in [5.41, 5.74) is 0.491. The number of hydrogen-bond acceptors (Lipinski definition) is 3. The molecule has 2 aliphatic rings.